The van der Waals surface area contributed by atoms with Crippen LogP contribution >= 0.6 is 23.2 Å². The van der Waals surface area contributed by atoms with Crippen LogP contribution in [0.2, 0.25) is 10.0 Å². The monoisotopic (exact) mass is 376 g/mol. The van der Waals surface area contributed by atoms with Crippen LogP contribution < -0.4 is 0 Å². The van der Waals surface area contributed by atoms with Crippen LogP contribution in [-0.2, 0) is 9.53 Å². The molecule has 128 valence electrons. The van der Waals surface area contributed by atoms with Crippen molar-refractivity contribution in [2.24, 2.45) is 0 Å². The molecule has 2 rings (SSSR count). The molecule has 2 aromatic carbocycles. The Hall–Kier alpha value is -2.43. The van der Waals surface area contributed by atoms with Crippen molar-refractivity contribution >= 4 is 40.7 Å². The smallest absolute Gasteiger partial charge is 0.342 e. The fourth-order valence-corrected chi connectivity index (χ4v) is 2.33. The first-order valence-corrected chi connectivity index (χ1v) is 8.17. The van der Waals surface area contributed by atoms with Crippen molar-refractivity contribution < 1.29 is 19.1 Å². The maximum absolute atomic E-state index is 12.6. The molecule has 0 spiro atoms. The maximum atomic E-state index is 12.6. The summed E-state index contributed by atoms with van der Waals surface area (Å²) in [7, 11) is 0. The van der Waals surface area contributed by atoms with E-state index >= 15 is 0 Å². The number of hydrogen-bond donors (Lipinski definition) is 0. The van der Waals surface area contributed by atoms with Gasteiger partial charge in [-0.25, -0.2) is 4.79 Å². The Morgan fingerprint density at radius 3 is 2.24 bits per heavy atom. The van der Waals surface area contributed by atoms with E-state index in [-0.39, 0.29) is 28.3 Å². The van der Waals surface area contributed by atoms with Gasteiger partial charge in [0.1, 0.15) is 5.57 Å². The van der Waals surface area contributed by atoms with Gasteiger partial charge in [-0.1, -0.05) is 53.5 Å². The summed E-state index contributed by atoms with van der Waals surface area (Å²) in [6.45, 7) is 1.70. The average molecular weight is 377 g/mol. The molecule has 0 aliphatic carbocycles. The molecule has 0 aromatic heterocycles. The molecular weight excluding hydrogens is 363 g/mol. The van der Waals surface area contributed by atoms with Gasteiger partial charge in [-0.2, -0.15) is 0 Å². The molecule has 0 radical (unpaired) electrons. The normalized spacial score (nSPS) is 11.1. The second-order valence-electron chi connectivity index (χ2n) is 4.97. The molecule has 6 heteroatoms. The van der Waals surface area contributed by atoms with E-state index in [0.29, 0.717) is 5.02 Å². The summed E-state index contributed by atoms with van der Waals surface area (Å²) >= 11 is 11.7. The lowest BCUT2D eigenvalue weighted by Crippen LogP contribution is -2.18. The van der Waals surface area contributed by atoms with Gasteiger partial charge in [0.05, 0.1) is 16.7 Å². The topological polar surface area (TPSA) is 60.4 Å². The predicted octanol–water partition coefficient (Wildman–Crippen LogP) is 4.55. The molecule has 0 unspecified atom stereocenters. The van der Waals surface area contributed by atoms with Gasteiger partial charge in [0.2, 0.25) is 0 Å². The quantitative estimate of drug-likeness (QED) is 0.244. The number of esters is 1. The number of Topliss-reactive ketones (excluding diaryl/α,β-unsaturated/α-hetero) is 1. The zero-order chi connectivity index (χ0) is 18.4. The number of hydrogen-bond acceptors (Lipinski definition) is 4. The van der Waals surface area contributed by atoms with E-state index < -0.39 is 17.5 Å². The van der Waals surface area contributed by atoms with Gasteiger partial charge in [0.25, 0.3) is 0 Å². The molecule has 0 amide bonds. The van der Waals surface area contributed by atoms with Gasteiger partial charge in [-0.15, -0.1) is 0 Å². The summed E-state index contributed by atoms with van der Waals surface area (Å²) in [5, 5.41) is 0.501. The molecule has 0 bridgehead atoms. The molecule has 0 saturated carbocycles. The van der Waals surface area contributed by atoms with E-state index in [0.717, 1.165) is 6.08 Å². The van der Waals surface area contributed by atoms with Crippen LogP contribution in [0.4, 0.5) is 0 Å². The highest BCUT2D eigenvalue weighted by atomic mass is 35.5. The lowest BCUT2D eigenvalue weighted by molar-refractivity contribution is -0.138. The fraction of sp³-hybridized carbons (Fsp3) is 0.105. The standard InChI is InChI=1S/C19H14Cl2O4/c1-2-25-19(24)14(18(23)12-6-4-3-5-7-12)11-17(22)13-8-9-15(20)16(21)10-13/h3-11H,2H2,1H3/b14-11+. The minimum absolute atomic E-state index is 0.0825. The molecule has 25 heavy (non-hydrogen) atoms. The van der Waals surface area contributed by atoms with Gasteiger partial charge in [0, 0.05) is 17.2 Å². The van der Waals surface area contributed by atoms with Crippen molar-refractivity contribution in [2.45, 2.75) is 6.92 Å². The Kier molecular flexibility index (Phi) is 6.51. The Morgan fingerprint density at radius 1 is 0.960 bits per heavy atom. The van der Waals surface area contributed by atoms with Crippen LogP contribution in [0, 0.1) is 0 Å². The van der Waals surface area contributed by atoms with Crippen LogP contribution in [-0.4, -0.2) is 24.1 Å². The molecule has 0 saturated heterocycles. The van der Waals surface area contributed by atoms with Crippen molar-refractivity contribution in [1.82, 2.24) is 0 Å². The summed E-state index contributed by atoms with van der Waals surface area (Å²) in [6.07, 6.45) is 0.965. The predicted molar refractivity (Wildman–Crippen MR) is 96.3 cm³/mol. The fourth-order valence-electron chi connectivity index (χ4n) is 2.03. The molecular formula is C19H14Cl2O4. The third-order valence-corrected chi connectivity index (χ3v) is 3.99. The van der Waals surface area contributed by atoms with Crippen LogP contribution in [0.25, 0.3) is 0 Å². The zero-order valence-electron chi connectivity index (χ0n) is 13.3. The third kappa shape index (κ3) is 4.78. The van der Waals surface area contributed by atoms with Gasteiger partial charge < -0.3 is 4.74 Å². The zero-order valence-corrected chi connectivity index (χ0v) is 14.8. The highest BCUT2D eigenvalue weighted by molar-refractivity contribution is 6.42. The Bertz CT molecular complexity index is 842. The number of allylic oxidation sites excluding steroid dienone is 1. The molecule has 0 aliphatic rings. The lowest BCUT2D eigenvalue weighted by Gasteiger charge is -2.07. The Labute approximate surface area is 155 Å². The van der Waals surface area contributed by atoms with E-state index in [4.69, 9.17) is 27.9 Å². The Morgan fingerprint density at radius 2 is 1.64 bits per heavy atom. The van der Waals surface area contributed by atoms with Crippen LogP contribution in [0.3, 0.4) is 0 Å². The largest absolute Gasteiger partial charge is 0.462 e. The SMILES string of the molecule is CCOC(=O)/C(=C/C(=O)c1ccc(Cl)c(Cl)c1)C(=O)c1ccccc1. The van der Waals surface area contributed by atoms with Gasteiger partial charge in [0.15, 0.2) is 11.6 Å². The van der Waals surface area contributed by atoms with Crippen LogP contribution in [0.1, 0.15) is 27.6 Å². The molecule has 0 heterocycles. The summed E-state index contributed by atoms with van der Waals surface area (Å²) in [5.41, 5.74) is 0.143. The summed E-state index contributed by atoms with van der Waals surface area (Å²) in [5.74, 6) is -2.00. The second kappa shape index (κ2) is 8.60. The van der Waals surface area contributed by atoms with E-state index in [1.165, 1.54) is 18.2 Å². The third-order valence-electron chi connectivity index (χ3n) is 3.26. The van der Waals surface area contributed by atoms with Gasteiger partial charge in [-0.05, 0) is 25.1 Å². The van der Waals surface area contributed by atoms with Crippen molar-refractivity contribution in [1.29, 1.82) is 0 Å². The number of rotatable bonds is 6. The highest BCUT2D eigenvalue weighted by Gasteiger charge is 2.23. The molecule has 0 N–H and O–H groups in total. The van der Waals surface area contributed by atoms with E-state index in [1.807, 2.05) is 0 Å². The highest BCUT2D eigenvalue weighted by Crippen LogP contribution is 2.23. The average Bonchev–Trinajstić information content (AvgIpc) is 2.62. The van der Waals surface area contributed by atoms with Crippen LogP contribution in [0.15, 0.2) is 60.2 Å². The number of halogens is 2. The summed E-state index contributed by atoms with van der Waals surface area (Å²) in [6, 6.07) is 12.5. The maximum Gasteiger partial charge on any atom is 0.342 e. The summed E-state index contributed by atoms with van der Waals surface area (Å²) < 4.78 is 4.90. The van der Waals surface area contributed by atoms with Crippen LogP contribution in [0.5, 0.6) is 0 Å². The van der Waals surface area contributed by atoms with Crippen molar-refractivity contribution in [3.8, 4) is 0 Å². The van der Waals surface area contributed by atoms with Gasteiger partial charge >= 0.3 is 5.97 Å². The second-order valence-corrected chi connectivity index (χ2v) is 5.78. The van der Waals surface area contributed by atoms with E-state index in [9.17, 15) is 14.4 Å². The van der Waals surface area contributed by atoms with Crippen molar-refractivity contribution in [3.05, 3.63) is 81.4 Å². The number of carbonyl (C=O) groups is 3. The Balaban J connectivity index is 2.42. The van der Waals surface area contributed by atoms with E-state index in [1.54, 1.807) is 37.3 Å². The first-order valence-electron chi connectivity index (χ1n) is 7.42. The minimum atomic E-state index is -0.857. The number of carbonyl (C=O) groups excluding carboxylic acids is 3. The molecule has 0 aliphatic heterocycles. The first kappa shape index (κ1) is 18.9. The van der Waals surface area contributed by atoms with Gasteiger partial charge in [-0.3, -0.25) is 9.59 Å². The number of ketones is 2. The van der Waals surface area contributed by atoms with Crippen molar-refractivity contribution in [3.63, 3.8) is 0 Å². The molecule has 4 nitrogen and oxygen atoms in total. The first-order chi connectivity index (χ1) is 11.9. The number of benzene rings is 2. The minimum Gasteiger partial charge on any atom is -0.462 e. The van der Waals surface area contributed by atoms with E-state index in [2.05, 4.69) is 0 Å². The number of ether oxygens (including phenoxy) is 1. The lowest BCUT2D eigenvalue weighted by atomic mass is 10.0. The summed E-state index contributed by atoms with van der Waals surface area (Å²) in [4.78, 5) is 37.1. The molecule has 2 aromatic rings. The van der Waals surface area contributed by atoms with Crippen molar-refractivity contribution in [2.75, 3.05) is 6.61 Å². The molecule has 0 fully saturated rings. The molecule has 0 atom stereocenters.